The summed E-state index contributed by atoms with van der Waals surface area (Å²) in [6.45, 7) is 0.405. The zero-order chi connectivity index (χ0) is 8.65. The summed E-state index contributed by atoms with van der Waals surface area (Å²) in [5.74, 6) is 0. The van der Waals surface area contributed by atoms with Gasteiger partial charge < -0.3 is 9.84 Å². The van der Waals surface area contributed by atoms with Crippen LogP contribution in [-0.2, 0) is 4.74 Å². The Morgan fingerprint density at radius 1 is 1.25 bits per heavy atom. The van der Waals surface area contributed by atoms with Crippen molar-refractivity contribution in [3.63, 3.8) is 0 Å². The fraction of sp³-hybridized carbons (Fsp3) is 0.200. The van der Waals surface area contributed by atoms with Crippen LogP contribution >= 0.6 is 0 Å². The summed E-state index contributed by atoms with van der Waals surface area (Å²) in [5.41, 5.74) is 1.09. The van der Waals surface area contributed by atoms with E-state index in [9.17, 15) is 0 Å². The minimum atomic E-state index is 0.0547. The summed E-state index contributed by atoms with van der Waals surface area (Å²) in [6.07, 6.45) is 3.45. The van der Waals surface area contributed by atoms with Gasteiger partial charge >= 0.3 is 0 Å². The molecule has 1 N–H and O–H groups in total. The topological polar surface area (TPSA) is 29.5 Å². The Bertz CT molecular complexity index is 229. The molecule has 1 aromatic carbocycles. The van der Waals surface area contributed by atoms with E-state index in [4.69, 9.17) is 9.84 Å². The van der Waals surface area contributed by atoms with Crippen LogP contribution in [0.2, 0.25) is 0 Å². The van der Waals surface area contributed by atoms with Gasteiger partial charge in [0.25, 0.3) is 0 Å². The van der Waals surface area contributed by atoms with E-state index >= 15 is 0 Å². The smallest absolute Gasteiger partial charge is 0.110 e. The van der Waals surface area contributed by atoms with Crippen LogP contribution in [0.1, 0.15) is 5.56 Å². The summed E-state index contributed by atoms with van der Waals surface area (Å²) in [5, 5.41) is 8.40. The van der Waals surface area contributed by atoms with E-state index in [1.807, 2.05) is 36.4 Å². The molecule has 0 fully saturated rings. The molecule has 0 amide bonds. The Morgan fingerprint density at radius 3 is 2.67 bits per heavy atom. The zero-order valence-electron chi connectivity index (χ0n) is 6.81. The van der Waals surface area contributed by atoms with Crippen LogP contribution in [-0.4, -0.2) is 18.3 Å². The van der Waals surface area contributed by atoms with Gasteiger partial charge in [-0.3, -0.25) is 0 Å². The molecule has 12 heavy (non-hydrogen) atoms. The second-order valence-corrected chi connectivity index (χ2v) is 2.31. The lowest BCUT2D eigenvalue weighted by molar-refractivity contribution is 0.167. The number of rotatable bonds is 4. The first-order valence-corrected chi connectivity index (χ1v) is 3.87. The summed E-state index contributed by atoms with van der Waals surface area (Å²) in [4.78, 5) is 0. The molecule has 0 unspecified atom stereocenters. The average molecular weight is 164 g/mol. The monoisotopic (exact) mass is 164 g/mol. The molecule has 0 saturated carbocycles. The molecule has 0 radical (unpaired) electrons. The van der Waals surface area contributed by atoms with Gasteiger partial charge in [-0.25, -0.2) is 0 Å². The minimum absolute atomic E-state index is 0.0547. The maximum absolute atomic E-state index is 8.40. The van der Waals surface area contributed by atoms with E-state index in [0.29, 0.717) is 6.61 Å². The summed E-state index contributed by atoms with van der Waals surface area (Å²) in [7, 11) is 0. The molecule has 0 bridgehead atoms. The number of benzene rings is 1. The molecular formula is C10H12O2. The lowest BCUT2D eigenvalue weighted by atomic mass is 10.2. The van der Waals surface area contributed by atoms with Crippen LogP contribution in [0.15, 0.2) is 36.6 Å². The molecule has 1 aromatic rings. The Balaban J connectivity index is 2.36. The highest BCUT2D eigenvalue weighted by molar-refractivity contribution is 5.47. The lowest BCUT2D eigenvalue weighted by Gasteiger charge is -1.95. The molecule has 0 aromatic heterocycles. The summed E-state index contributed by atoms with van der Waals surface area (Å²) < 4.78 is 4.96. The molecule has 1 rings (SSSR count). The maximum Gasteiger partial charge on any atom is 0.110 e. The van der Waals surface area contributed by atoms with Crippen LogP contribution < -0.4 is 0 Å². The van der Waals surface area contributed by atoms with Crippen molar-refractivity contribution in [2.75, 3.05) is 13.2 Å². The van der Waals surface area contributed by atoms with Crippen molar-refractivity contribution in [2.45, 2.75) is 0 Å². The molecule has 0 atom stereocenters. The van der Waals surface area contributed by atoms with E-state index < -0.39 is 0 Å². The SMILES string of the molecule is OCCOC=Cc1ccccc1. The highest BCUT2D eigenvalue weighted by Crippen LogP contribution is 2.00. The molecule has 0 saturated heterocycles. The van der Waals surface area contributed by atoms with E-state index in [-0.39, 0.29) is 6.61 Å². The van der Waals surface area contributed by atoms with Crippen LogP contribution in [0.25, 0.3) is 6.08 Å². The number of ether oxygens (including phenoxy) is 1. The Morgan fingerprint density at radius 2 is 2.00 bits per heavy atom. The maximum atomic E-state index is 8.40. The van der Waals surface area contributed by atoms with Gasteiger partial charge in [-0.15, -0.1) is 0 Å². The second-order valence-electron chi connectivity index (χ2n) is 2.31. The third-order valence-corrected chi connectivity index (χ3v) is 1.37. The quantitative estimate of drug-likeness (QED) is 0.541. The predicted octanol–water partition coefficient (Wildman–Crippen LogP) is 1.67. The average Bonchev–Trinajstić information content (AvgIpc) is 2.14. The highest BCUT2D eigenvalue weighted by Gasteiger charge is 1.81. The number of aliphatic hydroxyl groups excluding tert-OH is 1. The second kappa shape index (κ2) is 5.38. The standard InChI is InChI=1S/C10H12O2/c11-7-9-12-8-6-10-4-2-1-3-5-10/h1-6,8,11H,7,9H2. The van der Waals surface area contributed by atoms with Gasteiger partial charge in [0.2, 0.25) is 0 Å². The van der Waals surface area contributed by atoms with Crippen LogP contribution in [0, 0.1) is 0 Å². The van der Waals surface area contributed by atoms with Gasteiger partial charge in [-0.05, 0) is 11.6 Å². The molecule has 2 heteroatoms. The third kappa shape index (κ3) is 3.21. The van der Waals surface area contributed by atoms with E-state index in [0.717, 1.165) is 5.56 Å². The van der Waals surface area contributed by atoms with Crippen molar-refractivity contribution in [3.8, 4) is 0 Å². The molecule has 0 spiro atoms. The van der Waals surface area contributed by atoms with Crippen molar-refractivity contribution >= 4 is 6.08 Å². The lowest BCUT2D eigenvalue weighted by Crippen LogP contribution is -1.91. The highest BCUT2D eigenvalue weighted by atomic mass is 16.5. The first-order valence-electron chi connectivity index (χ1n) is 3.87. The zero-order valence-corrected chi connectivity index (χ0v) is 6.81. The third-order valence-electron chi connectivity index (χ3n) is 1.37. The summed E-state index contributed by atoms with van der Waals surface area (Å²) in [6, 6.07) is 9.86. The minimum Gasteiger partial charge on any atom is -0.499 e. The summed E-state index contributed by atoms with van der Waals surface area (Å²) >= 11 is 0. The molecule has 0 aliphatic carbocycles. The van der Waals surface area contributed by atoms with Gasteiger partial charge in [-0.2, -0.15) is 0 Å². The molecule has 64 valence electrons. The fourth-order valence-electron chi connectivity index (χ4n) is 0.812. The number of aliphatic hydroxyl groups is 1. The van der Waals surface area contributed by atoms with Crippen molar-refractivity contribution in [1.29, 1.82) is 0 Å². The molecule has 0 aliphatic rings. The molecule has 2 nitrogen and oxygen atoms in total. The van der Waals surface area contributed by atoms with Gasteiger partial charge in [0.1, 0.15) is 6.61 Å². The van der Waals surface area contributed by atoms with Crippen LogP contribution in [0.3, 0.4) is 0 Å². The van der Waals surface area contributed by atoms with Gasteiger partial charge in [0, 0.05) is 0 Å². The Labute approximate surface area is 72.1 Å². The first-order chi connectivity index (χ1) is 5.93. The van der Waals surface area contributed by atoms with Gasteiger partial charge in [-0.1, -0.05) is 30.3 Å². The Hall–Kier alpha value is -1.28. The normalized spacial score (nSPS) is 10.4. The van der Waals surface area contributed by atoms with Crippen molar-refractivity contribution in [2.24, 2.45) is 0 Å². The predicted molar refractivity (Wildman–Crippen MR) is 48.5 cm³/mol. The van der Waals surface area contributed by atoms with E-state index in [1.54, 1.807) is 6.26 Å². The molecular weight excluding hydrogens is 152 g/mol. The van der Waals surface area contributed by atoms with E-state index in [2.05, 4.69) is 0 Å². The van der Waals surface area contributed by atoms with Crippen molar-refractivity contribution < 1.29 is 9.84 Å². The largest absolute Gasteiger partial charge is 0.499 e. The van der Waals surface area contributed by atoms with E-state index in [1.165, 1.54) is 0 Å². The fourth-order valence-corrected chi connectivity index (χ4v) is 0.812. The van der Waals surface area contributed by atoms with Crippen LogP contribution in [0.4, 0.5) is 0 Å². The van der Waals surface area contributed by atoms with Gasteiger partial charge in [0.15, 0.2) is 0 Å². The van der Waals surface area contributed by atoms with Crippen LogP contribution in [0.5, 0.6) is 0 Å². The Kier molecular flexibility index (Phi) is 3.95. The number of hydrogen-bond acceptors (Lipinski definition) is 2. The first kappa shape index (κ1) is 8.81. The van der Waals surface area contributed by atoms with Gasteiger partial charge in [0.05, 0.1) is 12.9 Å². The molecule has 0 heterocycles. The van der Waals surface area contributed by atoms with Crippen molar-refractivity contribution in [3.05, 3.63) is 42.2 Å². The molecule has 0 aliphatic heterocycles. The van der Waals surface area contributed by atoms with Crippen molar-refractivity contribution in [1.82, 2.24) is 0 Å². The number of hydrogen-bond donors (Lipinski definition) is 1.